The van der Waals surface area contributed by atoms with Gasteiger partial charge in [-0.25, -0.2) is 4.79 Å². The zero-order chi connectivity index (χ0) is 13.3. The molecule has 0 fully saturated rings. The van der Waals surface area contributed by atoms with Gasteiger partial charge in [0.05, 0.1) is 0 Å². The van der Waals surface area contributed by atoms with Crippen LogP contribution in [0.1, 0.15) is 39.2 Å². The van der Waals surface area contributed by atoms with Gasteiger partial charge in [-0.3, -0.25) is 0 Å². The fraction of sp³-hybridized carbons (Fsp3) is 0.400. The number of benzene rings is 1. The highest BCUT2D eigenvalue weighted by Crippen LogP contribution is 2.39. The molecule has 2 aromatic heterocycles. The minimum atomic E-state index is -0.613. The van der Waals surface area contributed by atoms with Crippen LogP contribution in [0.25, 0.3) is 11.2 Å². The lowest BCUT2D eigenvalue weighted by atomic mass is 9.88. The number of ether oxygens (including phenoxy) is 1. The van der Waals surface area contributed by atoms with Crippen molar-refractivity contribution in [1.82, 2.24) is 0 Å². The SMILES string of the molecule is C=C(C)C(=O)OC(CC)(CC)c1cc2ccc1o2. The Morgan fingerprint density at radius 2 is 2.06 bits per heavy atom. The average Bonchev–Trinajstić information content (AvgIpc) is 2.98. The highest BCUT2D eigenvalue weighted by molar-refractivity contribution is 5.87. The smallest absolute Gasteiger partial charge is 0.334 e. The lowest BCUT2D eigenvalue weighted by Crippen LogP contribution is -2.31. The quantitative estimate of drug-likeness (QED) is 0.591. The fourth-order valence-electron chi connectivity index (χ4n) is 2.24. The molecule has 0 saturated carbocycles. The third-order valence-electron chi connectivity index (χ3n) is 3.45. The second-order valence-electron chi connectivity index (χ2n) is 4.63. The van der Waals surface area contributed by atoms with Gasteiger partial charge in [0.1, 0.15) is 16.8 Å². The molecular formula is C15H18O3. The predicted molar refractivity (Wildman–Crippen MR) is 70.6 cm³/mol. The molecule has 2 aromatic rings. The summed E-state index contributed by atoms with van der Waals surface area (Å²) in [6, 6.07) is 5.78. The van der Waals surface area contributed by atoms with Gasteiger partial charge in [0.25, 0.3) is 0 Å². The van der Waals surface area contributed by atoms with E-state index < -0.39 is 5.60 Å². The summed E-state index contributed by atoms with van der Waals surface area (Å²) in [7, 11) is 0. The van der Waals surface area contributed by atoms with Crippen molar-refractivity contribution in [3.63, 3.8) is 0 Å². The van der Waals surface area contributed by atoms with Crippen molar-refractivity contribution in [2.75, 3.05) is 0 Å². The van der Waals surface area contributed by atoms with Crippen LogP contribution in [0.2, 0.25) is 0 Å². The van der Waals surface area contributed by atoms with Gasteiger partial charge >= 0.3 is 5.97 Å². The Morgan fingerprint density at radius 1 is 1.39 bits per heavy atom. The van der Waals surface area contributed by atoms with Gasteiger partial charge < -0.3 is 9.15 Å². The van der Waals surface area contributed by atoms with Crippen LogP contribution in [-0.2, 0) is 15.1 Å². The van der Waals surface area contributed by atoms with Crippen molar-refractivity contribution >= 4 is 17.1 Å². The molecule has 0 saturated heterocycles. The highest BCUT2D eigenvalue weighted by Gasteiger charge is 2.36. The van der Waals surface area contributed by atoms with Crippen LogP contribution in [0.15, 0.2) is 34.8 Å². The molecular weight excluding hydrogens is 228 g/mol. The summed E-state index contributed by atoms with van der Waals surface area (Å²) < 4.78 is 11.2. The van der Waals surface area contributed by atoms with Crippen molar-refractivity contribution in [1.29, 1.82) is 0 Å². The lowest BCUT2D eigenvalue weighted by molar-refractivity contribution is -0.157. The van der Waals surface area contributed by atoms with Crippen molar-refractivity contribution in [2.24, 2.45) is 0 Å². The van der Waals surface area contributed by atoms with E-state index in [4.69, 9.17) is 9.15 Å². The van der Waals surface area contributed by atoms with Crippen molar-refractivity contribution in [3.05, 3.63) is 35.9 Å². The van der Waals surface area contributed by atoms with Crippen molar-refractivity contribution in [2.45, 2.75) is 39.2 Å². The van der Waals surface area contributed by atoms with Crippen LogP contribution >= 0.6 is 0 Å². The maximum Gasteiger partial charge on any atom is 0.334 e. The molecule has 18 heavy (non-hydrogen) atoms. The number of rotatable bonds is 5. The summed E-state index contributed by atoms with van der Waals surface area (Å²) >= 11 is 0. The van der Waals surface area contributed by atoms with E-state index in [2.05, 4.69) is 6.58 Å². The normalized spacial score (nSPS) is 11.9. The minimum Gasteiger partial charge on any atom is -0.457 e. The molecule has 2 rings (SSSR count). The zero-order valence-electron chi connectivity index (χ0n) is 11.1. The molecule has 96 valence electrons. The van der Waals surface area contributed by atoms with E-state index in [0.717, 1.165) is 16.7 Å². The van der Waals surface area contributed by atoms with E-state index in [1.165, 1.54) is 0 Å². The number of carbonyl (C=O) groups is 1. The molecule has 0 amide bonds. The van der Waals surface area contributed by atoms with Crippen LogP contribution in [0.3, 0.4) is 0 Å². The van der Waals surface area contributed by atoms with Gasteiger partial charge in [0.2, 0.25) is 0 Å². The molecule has 0 spiro atoms. The van der Waals surface area contributed by atoms with E-state index in [0.29, 0.717) is 18.4 Å². The van der Waals surface area contributed by atoms with E-state index in [-0.39, 0.29) is 5.97 Å². The number of fused-ring (bicyclic) bond motifs is 2. The zero-order valence-corrected chi connectivity index (χ0v) is 11.1. The Morgan fingerprint density at radius 3 is 2.44 bits per heavy atom. The van der Waals surface area contributed by atoms with Gasteiger partial charge in [-0.2, -0.15) is 0 Å². The number of hydrogen-bond donors (Lipinski definition) is 0. The van der Waals surface area contributed by atoms with Crippen LogP contribution in [0.4, 0.5) is 0 Å². The Bertz CT molecular complexity index is 561. The third-order valence-corrected chi connectivity index (χ3v) is 3.45. The van der Waals surface area contributed by atoms with Gasteiger partial charge in [0, 0.05) is 11.1 Å². The average molecular weight is 246 g/mol. The van der Waals surface area contributed by atoms with E-state index in [9.17, 15) is 4.79 Å². The van der Waals surface area contributed by atoms with Crippen LogP contribution in [0.5, 0.6) is 0 Å². The van der Waals surface area contributed by atoms with Gasteiger partial charge in [-0.15, -0.1) is 0 Å². The summed E-state index contributed by atoms with van der Waals surface area (Å²) in [5, 5.41) is 0. The maximum absolute atomic E-state index is 11.8. The van der Waals surface area contributed by atoms with Crippen molar-refractivity contribution in [3.8, 4) is 0 Å². The van der Waals surface area contributed by atoms with E-state index >= 15 is 0 Å². The molecule has 0 aliphatic carbocycles. The number of esters is 1. The van der Waals surface area contributed by atoms with Crippen LogP contribution in [0, 0.1) is 0 Å². The Balaban J connectivity index is 2.40. The molecule has 2 heterocycles. The van der Waals surface area contributed by atoms with Gasteiger partial charge in [0.15, 0.2) is 0 Å². The molecule has 2 bridgehead atoms. The fourth-order valence-corrected chi connectivity index (χ4v) is 2.24. The second-order valence-corrected chi connectivity index (χ2v) is 4.63. The molecule has 3 heteroatoms. The number of furan rings is 2. The van der Waals surface area contributed by atoms with Gasteiger partial charge in [-0.1, -0.05) is 20.4 Å². The van der Waals surface area contributed by atoms with Crippen LogP contribution in [-0.4, -0.2) is 5.97 Å². The monoisotopic (exact) mass is 246 g/mol. The largest absolute Gasteiger partial charge is 0.457 e. The molecule has 0 radical (unpaired) electrons. The number of carbonyl (C=O) groups excluding carboxylic acids is 1. The van der Waals surface area contributed by atoms with Crippen LogP contribution < -0.4 is 0 Å². The molecule has 0 aromatic carbocycles. The van der Waals surface area contributed by atoms with E-state index in [1.54, 1.807) is 6.92 Å². The summed E-state index contributed by atoms with van der Waals surface area (Å²) in [6.45, 7) is 9.31. The Hall–Kier alpha value is -1.77. The first-order valence-corrected chi connectivity index (χ1v) is 6.23. The molecule has 0 N–H and O–H groups in total. The Kier molecular flexibility index (Phi) is 3.16. The van der Waals surface area contributed by atoms with E-state index in [1.807, 2.05) is 32.0 Å². The first-order chi connectivity index (χ1) is 8.52. The third kappa shape index (κ3) is 1.90. The van der Waals surface area contributed by atoms with Gasteiger partial charge in [-0.05, 0) is 38.0 Å². The summed E-state index contributed by atoms with van der Waals surface area (Å²) in [6.07, 6.45) is 1.42. The molecule has 0 unspecified atom stereocenters. The molecule has 0 atom stereocenters. The standard InChI is InChI=1S/C15H18O3/c1-5-15(6-2,18-14(16)10(3)4)12-9-11-7-8-13(12)17-11/h7-9H,3,5-6H2,1-2,4H3. The summed E-state index contributed by atoms with van der Waals surface area (Å²) in [5.41, 5.74) is 2.37. The maximum atomic E-state index is 11.8. The number of hydrogen-bond acceptors (Lipinski definition) is 3. The highest BCUT2D eigenvalue weighted by atomic mass is 16.6. The lowest BCUT2D eigenvalue weighted by Gasteiger charge is -2.31. The second kappa shape index (κ2) is 4.48. The predicted octanol–water partition coefficient (Wildman–Crippen LogP) is 4.01. The first kappa shape index (κ1) is 12.7. The first-order valence-electron chi connectivity index (χ1n) is 6.23. The topological polar surface area (TPSA) is 39.4 Å². The summed E-state index contributed by atoms with van der Waals surface area (Å²) in [4.78, 5) is 11.8. The molecule has 3 nitrogen and oxygen atoms in total. The Labute approximate surface area is 107 Å². The molecule has 0 aliphatic heterocycles. The molecule has 0 aliphatic rings. The minimum absolute atomic E-state index is 0.350. The summed E-state index contributed by atoms with van der Waals surface area (Å²) in [5.74, 6) is -0.350. The van der Waals surface area contributed by atoms with Crippen molar-refractivity contribution < 1.29 is 13.9 Å².